The number of hydrogen-bond donors (Lipinski definition) is 2. The monoisotopic (exact) mass is 347 g/mol. The first-order valence-electron chi connectivity index (χ1n) is 8.74. The Bertz CT molecular complexity index is 688. The van der Waals surface area contributed by atoms with Gasteiger partial charge in [0.1, 0.15) is 11.6 Å². The van der Waals surface area contributed by atoms with E-state index in [9.17, 15) is 14.6 Å². The van der Waals surface area contributed by atoms with Crippen molar-refractivity contribution in [3.8, 4) is 0 Å². The molecule has 0 unspecified atom stereocenters. The molecule has 6 heteroatoms. The van der Waals surface area contributed by atoms with Crippen molar-refractivity contribution in [1.82, 2.24) is 14.5 Å². The standard InChI is InChI=1S/C19H26FN3O2/c1-22-11-8-21-18(22)7-10-23-9-6-17(25)19(13-23,14-24)12-15-2-4-16(20)5-3-15/h2-5,8,11,17,24-25H,6-7,9-10,12-14H2,1H3/t17-,19-/m0/s1. The highest BCUT2D eigenvalue weighted by atomic mass is 19.1. The van der Waals surface area contributed by atoms with Crippen LogP contribution in [0.15, 0.2) is 36.7 Å². The molecule has 2 N–H and O–H groups in total. The van der Waals surface area contributed by atoms with E-state index < -0.39 is 11.5 Å². The number of rotatable bonds is 6. The molecule has 0 bridgehead atoms. The second kappa shape index (κ2) is 7.64. The van der Waals surface area contributed by atoms with Gasteiger partial charge in [0.05, 0.1) is 12.7 Å². The van der Waals surface area contributed by atoms with Gasteiger partial charge in [-0.1, -0.05) is 12.1 Å². The number of nitrogens with zero attached hydrogens (tertiary/aromatic N) is 3. The van der Waals surface area contributed by atoms with Crippen LogP contribution in [0.5, 0.6) is 0 Å². The number of aryl methyl sites for hydroxylation is 1. The van der Waals surface area contributed by atoms with Crippen LogP contribution >= 0.6 is 0 Å². The van der Waals surface area contributed by atoms with Crippen LogP contribution in [0.2, 0.25) is 0 Å². The SMILES string of the molecule is Cn1ccnc1CCN1CC[C@H](O)[C@@](CO)(Cc2ccc(F)cc2)C1. The largest absolute Gasteiger partial charge is 0.396 e. The summed E-state index contributed by atoms with van der Waals surface area (Å²) >= 11 is 0. The van der Waals surface area contributed by atoms with Crippen molar-refractivity contribution >= 4 is 0 Å². The lowest BCUT2D eigenvalue weighted by Crippen LogP contribution is -2.55. The molecule has 2 atom stereocenters. The van der Waals surface area contributed by atoms with Gasteiger partial charge >= 0.3 is 0 Å². The Hall–Kier alpha value is -1.76. The normalized spacial score (nSPS) is 24.6. The molecule has 0 spiro atoms. The molecule has 1 aliphatic heterocycles. The van der Waals surface area contributed by atoms with Crippen molar-refractivity contribution in [3.63, 3.8) is 0 Å². The number of aromatic nitrogens is 2. The Morgan fingerprint density at radius 3 is 2.72 bits per heavy atom. The van der Waals surface area contributed by atoms with E-state index in [1.54, 1.807) is 18.3 Å². The Kier molecular flexibility index (Phi) is 5.51. The third kappa shape index (κ3) is 4.08. The third-order valence-electron chi connectivity index (χ3n) is 5.32. The van der Waals surface area contributed by atoms with Gasteiger partial charge in [0.15, 0.2) is 0 Å². The molecular weight excluding hydrogens is 321 g/mol. The smallest absolute Gasteiger partial charge is 0.123 e. The number of piperidine rings is 1. The maximum absolute atomic E-state index is 13.1. The predicted octanol–water partition coefficient (Wildman–Crippen LogP) is 1.39. The number of hydrogen-bond acceptors (Lipinski definition) is 4. The van der Waals surface area contributed by atoms with Crippen molar-refractivity contribution in [3.05, 3.63) is 53.9 Å². The van der Waals surface area contributed by atoms with Gasteiger partial charge < -0.3 is 19.7 Å². The number of likely N-dealkylation sites (tertiary alicyclic amines) is 1. The molecule has 0 amide bonds. The molecule has 0 aliphatic carbocycles. The van der Waals surface area contributed by atoms with E-state index in [1.165, 1.54) is 12.1 Å². The molecule has 136 valence electrons. The average molecular weight is 347 g/mol. The minimum atomic E-state index is -0.613. The molecule has 25 heavy (non-hydrogen) atoms. The van der Waals surface area contributed by atoms with E-state index in [1.807, 2.05) is 17.8 Å². The Balaban J connectivity index is 1.68. The van der Waals surface area contributed by atoms with E-state index in [0.717, 1.165) is 30.9 Å². The number of imidazole rings is 1. The van der Waals surface area contributed by atoms with E-state index in [4.69, 9.17) is 0 Å². The molecule has 1 fully saturated rings. The van der Waals surface area contributed by atoms with Gasteiger partial charge in [0.25, 0.3) is 0 Å². The summed E-state index contributed by atoms with van der Waals surface area (Å²) < 4.78 is 15.1. The van der Waals surface area contributed by atoms with Gasteiger partial charge in [-0.25, -0.2) is 9.37 Å². The van der Waals surface area contributed by atoms with Crippen molar-refractivity contribution < 1.29 is 14.6 Å². The zero-order chi connectivity index (χ0) is 17.9. The van der Waals surface area contributed by atoms with Crippen LogP contribution in [-0.4, -0.2) is 57.0 Å². The van der Waals surface area contributed by atoms with Gasteiger partial charge in [-0.3, -0.25) is 0 Å². The Morgan fingerprint density at radius 2 is 2.08 bits per heavy atom. The molecule has 2 heterocycles. The zero-order valence-electron chi connectivity index (χ0n) is 14.6. The molecule has 1 aromatic carbocycles. The van der Waals surface area contributed by atoms with Crippen LogP contribution in [-0.2, 0) is 19.9 Å². The van der Waals surface area contributed by atoms with Crippen LogP contribution in [0.1, 0.15) is 17.8 Å². The van der Waals surface area contributed by atoms with Crippen LogP contribution < -0.4 is 0 Å². The molecule has 1 aromatic heterocycles. The van der Waals surface area contributed by atoms with Gasteiger partial charge in [-0.15, -0.1) is 0 Å². The van der Waals surface area contributed by atoms with Crippen LogP contribution in [0.4, 0.5) is 4.39 Å². The summed E-state index contributed by atoms with van der Waals surface area (Å²) in [7, 11) is 1.98. The number of halogens is 1. The lowest BCUT2D eigenvalue weighted by molar-refractivity contribution is -0.0746. The zero-order valence-corrected chi connectivity index (χ0v) is 14.6. The van der Waals surface area contributed by atoms with Gasteiger partial charge in [0.2, 0.25) is 0 Å². The lowest BCUT2D eigenvalue weighted by Gasteiger charge is -2.45. The minimum absolute atomic E-state index is 0.0928. The maximum atomic E-state index is 13.1. The first-order chi connectivity index (χ1) is 12.0. The van der Waals surface area contributed by atoms with Crippen molar-refractivity contribution in [2.24, 2.45) is 12.5 Å². The van der Waals surface area contributed by atoms with Gasteiger partial charge in [0, 0.05) is 50.9 Å². The molecular formula is C19H26FN3O2. The molecule has 0 radical (unpaired) electrons. The molecule has 1 saturated heterocycles. The lowest BCUT2D eigenvalue weighted by atomic mass is 9.73. The average Bonchev–Trinajstić information content (AvgIpc) is 3.02. The summed E-state index contributed by atoms with van der Waals surface area (Å²) in [6.45, 7) is 2.16. The Labute approximate surface area is 147 Å². The first-order valence-corrected chi connectivity index (χ1v) is 8.74. The predicted molar refractivity (Wildman–Crippen MR) is 93.6 cm³/mol. The number of aliphatic hydroxyl groups is 2. The summed E-state index contributed by atoms with van der Waals surface area (Å²) in [4.78, 5) is 6.63. The van der Waals surface area contributed by atoms with Crippen molar-refractivity contribution in [2.45, 2.75) is 25.4 Å². The van der Waals surface area contributed by atoms with Gasteiger partial charge in [-0.05, 0) is 30.5 Å². The fraction of sp³-hybridized carbons (Fsp3) is 0.526. The van der Waals surface area contributed by atoms with Crippen molar-refractivity contribution in [2.75, 3.05) is 26.2 Å². The Morgan fingerprint density at radius 1 is 1.32 bits per heavy atom. The fourth-order valence-electron chi connectivity index (χ4n) is 3.72. The van der Waals surface area contributed by atoms with E-state index >= 15 is 0 Å². The summed E-state index contributed by atoms with van der Waals surface area (Å²) in [6.07, 6.45) is 5.15. The molecule has 2 aromatic rings. The van der Waals surface area contributed by atoms with Crippen molar-refractivity contribution in [1.29, 1.82) is 0 Å². The van der Waals surface area contributed by atoms with Gasteiger partial charge in [-0.2, -0.15) is 0 Å². The highest BCUT2D eigenvalue weighted by Gasteiger charge is 2.42. The summed E-state index contributed by atoms with van der Waals surface area (Å²) in [6, 6.07) is 6.31. The van der Waals surface area contributed by atoms with E-state index in [-0.39, 0.29) is 12.4 Å². The first kappa shape index (κ1) is 18.0. The molecule has 3 rings (SSSR count). The second-order valence-corrected chi connectivity index (χ2v) is 7.11. The number of aliphatic hydroxyl groups excluding tert-OH is 2. The second-order valence-electron chi connectivity index (χ2n) is 7.11. The quantitative estimate of drug-likeness (QED) is 0.829. The topological polar surface area (TPSA) is 61.5 Å². The molecule has 0 saturated carbocycles. The molecule has 5 nitrogen and oxygen atoms in total. The summed E-state index contributed by atoms with van der Waals surface area (Å²) in [5.74, 6) is 0.752. The fourth-order valence-corrected chi connectivity index (χ4v) is 3.72. The summed E-state index contributed by atoms with van der Waals surface area (Å²) in [5, 5.41) is 20.6. The van der Waals surface area contributed by atoms with E-state index in [2.05, 4.69) is 9.88 Å². The molecule has 1 aliphatic rings. The number of benzene rings is 1. The minimum Gasteiger partial charge on any atom is -0.396 e. The maximum Gasteiger partial charge on any atom is 0.123 e. The van der Waals surface area contributed by atoms with Crippen LogP contribution in [0.3, 0.4) is 0 Å². The van der Waals surface area contributed by atoms with Crippen LogP contribution in [0, 0.1) is 11.2 Å². The third-order valence-corrected chi connectivity index (χ3v) is 5.32. The highest BCUT2D eigenvalue weighted by molar-refractivity contribution is 5.19. The van der Waals surface area contributed by atoms with E-state index in [0.29, 0.717) is 19.4 Å². The highest BCUT2D eigenvalue weighted by Crippen LogP contribution is 2.34. The summed E-state index contributed by atoms with van der Waals surface area (Å²) in [5.41, 5.74) is 0.318. The van der Waals surface area contributed by atoms with Crippen LogP contribution in [0.25, 0.3) is 0 Å².